The number of halogens is 3. The van der Waals surface area contributed by atoms with Gasteiger partial charge in [-0.15, -0.1) is 0 Å². The first kappa shape index (κ1) is 22.6. The Bertz CT molecular complexity index is 935. The number of nitrogens with zero attached hydrogens (tertiary/aromatic N) is 2. The van der Waals surface area contributed by atoms with Gasteiger partial charge in [-0.3, -0.25) is 4.90 Å². The molecule has 0 bridgehead atoms. The lowest BCUT2D eigenvalue weighted by Crippen LogP contribution is -2.62. The predicted molar refractivity (Wildman–Crippen MR) is 119 cm³/mol. The van der Waals surface area contributed by atoms with E-state index in [4.69, 9.17) is 0 Å². The minimum Gasteiger partial charge on any atom is -0.324 e. The number of urea groups is 1. The van der Waals surface area contributed by atoms with E-state index >= 15 is 0 Å². The number of carbonyl (C=O) groups is 1. The molecule has 4 rings (SSSR count). The van der Waals surface area contributed by atoms with E-state index in [0.29, 0.717) is 19.0 Å². The Hall–Kier alpha value is -2.54. The second-order valence-electron chi connectivity index (χ2n) is 9.54. The quantitative estimate of drug-likeness (QED) is 0.629. The van der Waals surface area contributed by atoms with Gasteiger partial charge in [-0.2, -0.15) is 0 Å². The summed E-state index contributed by atoms with van der Waals surface area (Å²) < 4.78 is 40.4. The Morgan fingerprint density at radius 2 is 1.66 bits per heavy atom. The summed E-state index contributed by atoms with van der Waals surface area (Å²) >= 11 is 0. The van der Waals surface area contributed by atoms with Crippen molar-refractivity contribution < 1.29 is 18.0 Å². The van der Waals surface area contributed by atoms with E-state index in [1.54, 1.807) is 4.90 Å². The maximum atomic E-state index is 13.5. The van der Waals surface area contributed by atoms with E-state index in [1.165, 1.54) is 12.1 Å². The van der Waals surface area contributed by atoms with Crippen molar-refractivity contribution in [3.8, 4) is 0 Å². The van der Waals surface area contributed by atoms with Crippen LogP contribution < -0.4 is 5.32 Å². The fourth-order valence-electron chi connectivity index (χ4n) is 5.11. The monoisotopic (exact) mass is 445 g/mol. The molecule has 2 fully saturated rings. The standard InChI is InChI=1S/C25H30F3N3O/c1-17(2)7-10-31-16-25(23(31)18-3-5-19(26)6-4-18)8-11-30(12-9-25)24(32)29-22-14-20(27)13-21(28)15-22/h3-6,13-15,17,23H,7-12,16H2,1-2H3,(H,29,32). The van der Waals surface area contributed by atoms with E-state index in [0.717, 1.165) is 56.1 Å². The van der Waals surface area contributed by atoms with Crippen LogP contribution >= 0.6 is 0 Å². The van der Waals surface area contributed by atoms with Gasteiger partial charge in [0.1, 0.15) is 17.5 Å². The SMILES string of the molecule is CC(C)CCN1CC2(CCN(C(=O)Nc3cc(F)cc(F)c3)CC2)C1c1ccc(F)cc1. The molecule has 2 saturated heterocycles. The summed E-state index contributed by atoms with van der Waals surface area (Å²) in [6, 6.07) is 9.64. The number of carbonyl (C=O) groups excluding carboxylic acids is 1. The summed E-state index contributed by atoms with van der Waals surface area (Å²) in [4.78, 5) is 16.8. The molecule has 2 aliphatic heterocycles. The van der Waals surface area contributed by atoms with Crippen molar-refractivity contribution in [3.63, 3.8) is 0 Å². The van der Waals surface area contributed by atoms with Crippen LogP contribution in [0.15, 0.2) is 42.5 Å². The lowest BCUT2D eigenvalue weighted by molar-refractivity contribution is -0.108. The normalized spacial score (nSPS) is 20.4. The van der Waals surface area contributed by atoms with Crippen LogP contribution in [0, 0.1) is 28.8 Å². The van der Waals surface area contributed by atoms with Crippen LogP contribution in [0.1, 0.15) is 44.7 Å². The summed E-state index contributed by atoms with van der Waals surface area (Å²) in [5.41, 5.74) is 1.28. The van der Waals surface area contributed by atoms with Crippen molar-refractivity contribution in [2.45, 2.75) is 39.2 Å². The van der Waals surface area contributed by atoms with Gasteiger partial charge in [0.15, 0.2) is 0 Å². The zero-order valence-electron chi connectivity index (χ0n) is 18.6. The number of rotatable bonds is 5. The lowest BCUT2D eigenvalue weighted by atomic mass is 9.63. The molecule has 2 aromatic rings. The van der Waals surface area contributed by atoms with Gasteiger partial charge in [0.25, 0.3) is 0 Å². The molecular weight excluding hydrogens is 415 g/mol. The molecule has 1 atom stereocenters. The lowest BCUT2D eigenvalue weighted by Gasteiger charge is -2.61. The molecule has 1 N–H and O–H groups in total. The van der Waals surface area contributed by atoms with Gasteiger partial charge >= 0.3 is 6.03 Å². The first-order valence-electron chi connectivity index (χ1n) is 11.3. The number of likely N-dealkylation sites (tertiary alicyclic amines) is 2. The van der Waals surface area contributed by atoms with Gasteiger partial charge < -0.3 is 10.2 Å². The van der Waals surface area contributed by atoms with Crippen molar-refractivity contribution >= 4 is 11.7 Å². The van der Waals surface area contributed by atoms with Gasteiger partial charge in [0.2, 0.25) is 0 Å². The Balaban J connectivity index is 1.43. The average molecular weight is 446 g/mol. The van der Waals surface area contributed by atoms with Crippen molar-refractivity contribution in [2.75, 3.05) is 31.5 Å². The fraction of sp³-hybridized carbons (Fsp3) is 0.480. The highest BCUT2D eigenvalue weighted by Gasteiger charge is 2.53. The summed E-state index contributed by atoms with van der Waals surface area (Å²) in [5, 5.41) is 2.60. The Labute approximate surface area is 187 Å². The molecule has 0 saturated carbocycles. The van der Waals surface area contributed by atoms with Crippen LogP contribution in [0.4, 0.5) is 23.7 Å². The number of benzene rings is 2. The molecule has 0 radical (unpaired) electrons. The van der Waals surface area contributed by atoms with Crippen molar-refractivity contribution in [1.82, 2.24) is 9.80 Å². The molecule has 2 aliphatic rings. The maximum Gasteiger partial charge on any atom is 0.321 e. The highest BCUT2D eigenvalue weighted by atomic mass is 19.1. The molecule has 1 spiro atoms. The zero-order valence-corrected chi connectivity index (χ0v) is 18.6. The van der Waals surface area contributed by atoms with Crippen LogP contribution in [0.25, 0.3) is 0 Å². The number of hydrogen-bond acceptors (Lipinski definition) is 2. The molecule has 0 aliphatic carbocycles. The van der Waals surface area contributed by atoms with E-state index in [1.807, 2.05) is 12.1 Å². The first-order valence-corrected chi connectivity index (χ1v) is 11.3. The van der Waals surface area contributed by atoms with Crippen molar-refractivity contribution in [1.29, 1.82) is 0 Å². The third-order valence-corrected chi connectivity index (χ3v) is 6.80. The summed E-state index contributed by atoms with van der Waals surface area (Å²) in [6.45, 7) is 7.52. The van der Waals surface area contributed by atoms with E-state index in [-0.39, 0.29) is 29.0 Å². The molecule has 2 amide bonds. The molecule has 1 unspecified atom stereocenters. The Morgan fingerprint density at radius 1 is 1.03 bits per heavy atom. The fourth-order valence-corrected chi connectivity index (χ4v) is 5.11. The van der Waals surface area contributed by atoms with Crippen LogP contribution in [0.2, 0.25) is 0 Å². The van der Waals surface area contributed by atoms with Crippen LogP contribution in [0.5, 0.6) is 0 Å². The van der Waals surface area contributed by atoms with Crippen LogP contribution in [-0.4, -0.2) is 42.0 Å². The number of nitrogens with one attached hydrogen (secondary N) is 1. The van der Waals surface area contributed by atoms with Gasteiger partial charge in [0, 0.05) is 42.8 Å². The molecule has 7 heteroatoms. The number of anilines is 1. The Kier molecular flexibility index (Phi) is 6.47. The third kappa shape index (κ3) is 4.77. The third-order valence-electron chi connectivity index (χ3n) is 6.80. The maximum absolute atomic E-state index is 13.5. The molecule has 2 aromatic carbocycles. The zero-order chi connectivity index (χ0) is 22.9. The molecular formula is C25H30F3N3O. The van der Waals surface area contributed by atoms with Gasteiger partial charge in [-0.1, -0.05) is 26.0 Å². The van der Waals surface area contributed by atoms with E-state index in [9.17, 15) is 18.0 Å². The highest BCUT2D eigenvalue weighted by molar-refractivity contribution is 5.89. The second-order valence-corrected chi connectivity index (χ2v) is 9.54. The molecule has 2 heterocycles. The van der Waals surface area contributed by atoms with Crippen molar-refractivity contribution in [2.24, 2.45) is 11.3 Å². The average Bonchev–Trinajstić information content (AvgIpc) is 2.72. The van der Waals surface area contributed by atoms with E-state index < -0.39 is 11.6 Å². The minimum atomic E-state index is -0.726. The van der Waals surface area contributed by atoms with Gasteiger partial charge in [-0.25, -0.2) is 18.0 Å². The van der Waals surface area contributed by atoms with Gasteiger partial charge in [-0.05, 0) is 61.6 Å². The topological polar surface area (TPSA) is 35.6 Å². The first-order chi connectivity index (χ1) is 15.3. The molecule has 32 heavy (non-hydrogen) atoms. The molecule has 4 nitrogen and oxygen atoms in total. The summed E-state index contributed by atoms with van der Waals surface area (Å²) in [5.74, 6) is -1.08. The molecule has 172 valence electrons. The predicted octanol–water partition coefficient (Wildman–Crippen LogP) is 5.82. The second kappa shape index (κ2) is 9.14. The van der Waals surface area contributed by atoms with Gasteiger partial charge in [0.05, 0.1) is 0 Å². The van der Waals surface area contributed by atoms with Crippen molar-refractivity contribution in [3.05, 3.63) is 65.5 Å². The highest BCUT2D eigenvalue weighted by Crippen LogP contribution is 2.55. The minimum absolute atomic E-state index is 0.0521. The van der Waals surface area contributed by atoms with E-state index in [2.05, 4.69) is 24.1 Å². The molecule has 0 aromatic heterocycles. The number of hydrogen-bond donors (Lipinski definition) is 1. The Morgan fingerprint density at radius 3 is 2.25 bits per heavy atom. The number of amides is 2. The van der Waals surface area contributed by atoms with Crippen LogP contribution in [-0.2, 0) is 0 Å². The largest absolute Gasteiger partial charge is 0.324 e. The smallest absolute Gasteiger partial charge is 0.321 e. The van der Waals surface area contributed by atoms with Crippen LogP contribution in [0.3, 0.4) is 0 Å². The number of piperidine rings is 1. The summed E-state index contributed by atoms with van der Waals surface area (Å²) in [6.07, 6.45) is 2.77. The summed E-state index contributed by atoms with van der Waals surface area (Å²) in [7, 11) is 0.